The van der Waals surface area contributed by atoms with Gasteiger partial charge in [-0.2, -0.15) is 0 Å². The van der Waals surface area contributed by atoms with Crippen LogP contribution in [0.1, 0.15) is 0 Å². The summed E-state index contributed by atoms with van der Waals surface area (Å²) in [5.41, 5.74) is 0. The number of rotatable bonds is 0. The van der Waals surface area contributed by atoms with Crippen LogP contribution in [0.25, 0.3) is 0 Å². The molecule has 21 heteroatoms. The van der Waals surface area contributed by atoms with Crippen molar-refractivity contribution in [2.24, 2.45) is 0 Å². The van der Waals surface area contributed by atoms with E-state index in [0.29, 0.717) is 0 Å². The fourth-order valence-corrected chi connectivity index (χ4v) is 0. The van der Waals surface area contributed by atoms with Crippen molar-refractivity contribution in [3.8, 4) is 0 Å². The molecule has 0 aliphatic rings. The molecule has 0 saturated carbocycles. The molecule has 0 aliphatic heterocycles. The van der Waals surface area contributed by atoms with Crippen LogP contribution in [-0.4, -0.2) is 67.2 Å². The monoisotopic (exact) mass is 339 g/mol. The molecule has 144 valence electrons. The summed E-state index contributed by atoms with van der Waals surface area (Å²) in [5, 5.41) is 64.5. The van der Waals surface area contributed by atoms with Gasteiger partial charge in [0, 0.05) is 0 Å². The van der Waals surface area contributed by atoms with Gasteiger partial charge in [0.05, 0.1) is 0 Å². The fraction of sp³-hybridized carbons (Fsp3) is 0. The van der Waals surface area contributed by atoms with E-state index in [-0.39, 0.29) is 55.4 Å². The summed E-state index contributed by atoms with van der Waals surface area (Å²) < 4.78 is 0. The molecule has 0 radical (unpaired) electrons. The van der Waals surface area contributed by atoms with Crippen LogP contribution in [0.5, 0.6) is 0 Å². The Bertz CT molecular complexity index is 59.0. The molecule has 0 rings (SSSR count). The molecule has 21 heavy (non-hydrogen) atoms. The summed E-state index contributed by atoms with van der Waals surface area (Å²) in [6.07, 6.45) is 0. The zero-order valence-corrected chi connectivity index (χ0v) is 12.1. The summed E-state index contributed by atoms with van der Waals surface area (Å²) in [6.45, 7) is 0. The van der Waals surface area contributed by atoms with Gasteiger partial charge in [-0.3, -0.25) is 0 Å². The van der Waals surface area contributed by atoms with E-state index in [4.69, 9.17) is 45.2 Å². The minimum atomic E-state index is -2.17. The minimum absolute atomic E-state index is 0. The van der Waals surface area contributed by atoms with Crippen molar-refractivity contribution >= 4 is 22.0 Å². The standard InChI is InChI=1S/3BH3O3.9H3N/c3*2-1(3)4;;;;;;;;;/h3*2-4H;9*1H3. The highest BCUT2D eigenvalue weighted by Gasteiger charge is 1.93. The van der Waals surface area contributed by atoms with Gasteiger partial charge < -0.3 is 101 Å². The topological polar surface area (TPSA) is 497 Å². The minimum Gasteiger partial charge on any atom is -0.402 e. The summed E-state index contributed by atoms with van der Waals surface area (Å²) in [6, 6.07) is 0. The quantitative estimate of drug-likeness (QED) is 0.184. The summed E-state index contributed by atoms with van der Waals surface area (Å²) in [5.74, 6) is 0. The van der Waals surface area contributed by atoms with Crippen LogP contribution in [-0.2, 0) is 0 Å². The van der Waals surface area contributed by atoms with Crippen molar-refractivity contribution in [1.82, 2.24) is 55.4 Å². The molecule has 0 saturated heterocycles. The Morgan fingerprint density at radius 3 is 0.238 bits per heavy atom. The lowest BCUT2D eigenvalue weighted by Crippen LogP contribution is -2.07. The van der Waals surface area contributed by atoms with Gasteiger partial charge in [0.1, 0.15) is 0 Å². The first-order chi connectivity index (χ1) is 5.20. The van der Waals surface area contributed by atoms with Crippen LogP contribution < -0.4 is 55.4 Å². The third-order valence-corrected chi connectivity index (χ3v) is 0. The summed E-state index contributed by atoms with van der Waals surface area (Å²) in [4.78, 5) is 0. The third kappa shape index (κ3) is 21600. The number of hydrogen-bond donors (Lipinski definition) is 18. The van der Waals surface area contributed by atoms with E-state index in [0.717, 1.165) is 0 Å². The van der Waals surface area contributed by atoms with Gasteiger partial charge in [-0.15, -0.1) is 0 Å². The normalized spacial score (nSPS) is 3.86. The molecule has 0 aromatic heterocycles. The third-order valence-electron chi connectivity index (χ3n) is 0. The molecule has 0 aliphatic carbocycles. The molecule has 0 aromatic rings. The Labute approximate surface area is 124 Å². The smallest absolute Gasteiger partial charge is 0.402 e. The Morgan fingerprint density at radius 1 is 0.238 bits per heavy atom. The first-order valence-corrected chi connectivity index (χ1v) is 2.32. The maximum atomic E-state index is 7.17. The molecule has 0 fully saturated rings. The van der Waals surface area contributed by atoms with Crippen LogP contribution in [0.4, 0.5) is 0 Å². The Morgan fingerprint density at radius 2 is 0.238 bits per heavy atom. The van der Waals surface area contributed by atoms with Crippen molar-refractivity contribution in [2.45, 2.75) is 0 Å². The molecule has 0 amide bonds. The zero-order chi connectivity index (χ0) is 10.7. The lowest BCUT2D eigenvalue weighted by molar-refractivity contribution is 0.276. The van der Waals surface area contributed by atoms with E-state index >= 15 is 0 Å². The van der Waals surface area contributed by atoms with E-state index in [1.54, 1.807) is 0 Å². The van der Waals surface area contributed by atoms with Crippen LogP contribution in [0.2, 0.25) is 0 Å². The molecule has 0 aromatic carbocycles. The predicted octanol–water partition coefficient (Wildman–Crippen LogP) is -4.70. The van der Waals surface area contributed by atoms with Gasteiger partial charge >= 0.3 is 22.0 Å². The highest BCUT2D eigenvalue weighted by atomic mass is 16.5. The largest absolute Gasteiger partial charge is 0.631 e. The SMILES string of the molecule is N.N.N.N.N.N.N.N.N.OB(O)O.OB(O)O.OB(O)O. The second-order valence-electron chi connectivity index (χ2n) is 1.04. The van der Waals surface area contributed by atoms with E-state index in [1.165, 1.54) is 0 Å². The molecular formula is H36B3N9O9. The van der Waals surface area contributed by atoms with Gasteiger partial charge in [0.15, 0.2) is 0 Å². The molecular weight excluding hydrogens is 302 g/mol. The molecule has 0 spiro atoms. The average Bonchev–Trinajstić information content (AvgIpc) is 1.54. The summed E-state index contributed by atoms with van der Waals surface area (Å²) >= 11 is 0. The molecule has 0 heterocycles. The van der Waals surface area contributed by atoms with E-state index in [1.807, 2.05) is 0 Å². The average molecular weight is 339 g/mol. The van der Waals surface area contributed by atoms with Gasteiger partial charge in [0.25, 0.3) is 0 Å². The van der Waals surface area contributed by atoms with Crippen molar-refractivity contribution < 1.29 is 45.2 Å². The molecule has 36 N–H and O–H groups in total. The predicted molar refractivity (Wildman–Crippen MR) is 82.4 cm³/mol. The van der Waals surface area contributed by atoms with E-state index in [2.05, 4.69) is 0 Å². The first kappa shape index (κ1) is 108. The van der Waals surface area contributed by atoms with Crippen molar-refractivity contribution in [3.05, 3.63) is 0 Å². The molecule has 0 unspecified atom stereocenters. The van der Waals surface area contributed by atoms with Gasteiger partial charge in [-0.25, -0.2) is 0 Å². The van der Waals surface area contributed by atoms with Crippen molar-refractivity contribution in [1.29, 1.82) is 0 Å². The highest BCUT2D eigenvalue weighted by Crippen LogP contribution is 1.41. The molecule has 0 atom stereocenters. The van der Waals surface area contributed by atoms with Gasteiger partial charge in [-0.1, -0.05) is 0 Å². The second-order valence-corrected chi connectivity index (χ2v) is 1.04. The maximum absolute atomic E-state index is 7.17. The van der Waals surface area contributed by atoms with Gasteiger partial charge in [0.2, 0.25) is 0 Å². The Balaban J connectivity index is -0.00000000476. The van der Waals surface area contributed by atoms with E-state index in [9.17, 15) is 0 Å². The lowest BCUT2D eigenvalue weighted by Gasteiger charge is -1.69. The second kappa shape index (κ2) is 92.5. The maximum Gasteiger partial charge on any atom is 0.631 e. The lowest BCUT2D eigenvalue weighted by atomic mass is 10.3. The Hall–Kier alpha value is -0.525. The van der Waals surface area contributed by atoms with Crippen molar-refractivity contribution in [3.63, 3.8) is 0 Å². The number of hydrogen-bond acceptors (Lipinski definition) is 18. The zero-order valence-electron chi connectivity index (χ0n) is 12.1. The van der Waals surface area contributed by atoms with Crippen LogP contribution in [0.3, 0.4) is 0 Å². The van der Waals surface area contributed by atoms with Crippen molar-refractivity contribution in [2.75, 3.05) is 0 Å². The van der Waals surface area contributed by atoms with Crippen LogP contribution >= 0.6 is 0 Å². The first-order valence-electron chi connectivity index (χ1n) is 2.32. The van der Waals surface area contributed by atoms with Gasteiger partial charge in [-0.05, 0) is 0 Å². The highest BCUT2D eigenvalue weighted by molar-refractivity contribution is 6.31. The summed E-state index contributed by atoms with van der Waals surface area (Å²) in [7, 11) is -6.50. The van der Waals surface area contributed by atoms with E-state index < -0.39 is 22.0 Å². The Kier molecular flexibility index (Phi) is 476. The fourth-order valence-electron chi connectivity index (χ4n) is 0. The molecule has 0 bridgehead atoms. The van der Waals surface area contributed by atoms with Crippen LogP contribution in [0, 0.1) is 0 Å². The van der Waals surface area contributed by atoms with Crippen LogP contribution in [0.15, 0.2) is 0 Å². The molecule has 18 nitrogen and oxygen atoms in total.